The van der Waals surface area contributed by atoms with Gasteiger partial charge in [0.2, 0.25) is 0 Å². The number of benzene rings is 1. The van der Waals surface area contributed by atoms with Gasteiger partial charge in [-0.1, -0.05) is 47.1 Å². The largest absolute Gasteiger partial charge is 0.293 e. The minimum absolute atomic E-state index is 0.0441. The first kappa shape index (κ1) is 11.7. The van der Waals surface area contributed by atoms with Gasteiger partial charge in [-0.25, -0.2) is 0 Å². The number of alkyl halides is 2. The van der Waals surface area contributed by atoms with E-state index in [0.29, 0.717) is 11.4 Å². The summed E-state index contributed by atoms with van der Waals surface area (Å²) < 4.78 is 0. The first-order valence-electron chi connectivity index (χ1n) is 4.52. The molecule has 0 heterocycles. The van der Waals surface area contributed by atoms with Crippen molar-refractivity contribution < 1.29 is 4.79 Å². The topological polar surface area (TPSA) is 17.1 Å². The molecule has 0 aliphatic carbocycles. The Morgan fingerprint density at radius 1 is 1.43 bits per heavy atom. The van der Waals surface area contributed by atoms with Crippen molar-refractivity contribution in [2.45, 2.75) is 18.2 Å². The fourth-order valence-corrected chi connectivity index (χ4v) is 1.56. The van der Waals surface area contributed by atoms with Crippen LogP contribution in [-0.4, -0.2) is 16.5 Å². The van der Waals surface area contributed by atoms with Crippen LogP contribution in [0.1, 0.15) is 22.8 Å². The minimum atomic E-state index is -0.281. The summed E-state index contributed by atoms with van der Waals surface area (Å²) in [6, 6.07) is 7.65. The lowest BCUT2D eigenvalue weighted by atomic mass is 10.1. The lowest BCUT2D eigenvalue weighted by Crippen LogP contribution is -2.15. The Labute approximate surface area is 97.6 Å². The van der Waals surface area contributed by atoms with Crippen LogP contribution < -0.4 is 0 Å². The van der Waals surface area contributed by atoms with E-state index in [9.17, 15) is 4.79 Å². The lowest BCUT2D eigenvalue weighted by Gasteiger charge is -2.05. The Hall–Kier alpha value is -0.340. The van der Waals surface area contributed by atoms with Crippen molar-refractivity contribution in [1.82, 2.24) is 0 Å². The fraction of sp³-hybridized carbons (Fsp3) is 0.364. The Kier molecular flexibility index (Phi) is 4.63. The van der Waals surface area contributed by atoms with Gasteiger partial charge in [-0.3, -0.25) is 4.79 Å². The zero-order valence-electron chi connectivity index (χ0n) is 7.97. The summed E-state index contributed by atoms with van der Waals surface area (Å²) in [5.74, 6) is 0.344. The third-order valence-corrected chi connectivity index (χ3v) is 3.49. The van der Waals surface area contributed by atoms with Crippen molar-refractivity contribution in [3.05, 3.63) is 35.4 Å². The molecule has 1 rings (SSSR count). The van der Waals surface area contributed by atoms with E-state index in [-0.39, 0.29) is 10.6 Å². The van der Waals surface area contributed by atoms with Gasteiger partial charge in [0.05, 0.1) is 4.83 Å². The molecule has 0 radical (unpaired) electrons. The Bertz CT molecular complexity index is 308. The fourth-order valence-electron chi connectivity index (χ4n) is 1.16. The average molecular weight is 276 g/mol. The normalized spacial score (nSPS) is 12.5. The monoisotopic (exact) mass is 274 g/mol. The van der Waals surface area contributed by atoms with E-state index >= 15 is 0 Å². The van der Waals surface area contributed by atoms with Gasteiger partial charge < -0.3 is 0 Å². The van der Waals surface area contributed by atoms with E-state index in [1.54, 1.807) is 0 Å². The molecule has 0 aliphatic rings. The second-order valence-electron chi connectivity index (χ2n) is 3.04. The third-order valence-electron chi connectivity index (χ3n) is 2.07. The van der Waals surface area contributed by atoms with Gasteiger partial charge in [0.25, 0.3) is 0 Å². The highest BCUT2D eigenvalue weighted by Gasteiger charge is 2.15. The van der Waals surface area contributed by atoms with Crippen LogP contribution in [0.5, 0.6) is 0 Å². The summed E-state index contributed by atoms with van der Waals surface area (Å²) in [7, 11) is 0. The van der Waals surface area contributed by atoms with E-state index < -0.39 is 0 Å². The first-order valence-corrected chi connectivity index (χ1v) is 5.97. The molecule has 1 aromatic rings. The van der Waals surface area contributed by atoms with E-state index in [1.807, 2.05) is 24.3 Å². The van der Waals surface area contributed by atoms with Crippen LogP contribution in [0.15, 0.2) is 24.3 Å². The molecule has 1 unspecified atom stereocenters. The highest BCUT2D eigenvalue weighted by atomic mass is 79.9. The predicted octanol–water partition coefficient (Wildman–Crippen LogP) is 3.43. The second-order valence-corrected chi connectivity index (χ2v) is 4.45. The zero-order valence-corrected chi connectivity index (χ0v) is 10.3. The van der Waals surface area contributed by atoms with Crippen molar-refractivity contribution in [3.63, 3.8) is 0 Å². The van der Waals surface area contributed by atoms with Gasteiger partial charge >= 0.3 is 0 Å². The number of carbonyl (C=O) groups is 1. The van der Waals surface area contributed by atoms with Crippen LogP contribution in [0.2, 0.25) is 0 Å². The van der Waals surface area contributed by atoms with Crippen LogP contribution in [0.25, 0.3) is 0 Å². The molecule has 0 fully saturated rings. The molecule has 1 aromatic carbocycles. The van der Waals surface area contributed by atoms with Crippen molar-refractivity contribution in [3.8, 4) is 0 Å². The molecule has 1 atom stereocenters. The van der Waals surface area contributed by atoms with E-state index in [4.69, 9.17) is 11.6 Å². The molecule has 0 amide bonds. The number of aryl methyl sites for hydroxylation is 1. The zero-order chi connectivity index (χ0) is 10.6. The smallest absolute Gasteiger partial charge is 0.177 e. The molecule has 14 heavy (non-hydrogen) atoms. The third kappa shape index (κ3) is 2.82. The summed E-state index contributed by atoms with van der Waals surface area (Å²) in [6.07, 6.45) is 0.988. The summed E-state index contributed by atoms with van der Waals surface area (Å²) in [6.45, 7) is 2.09. The molecule has 0 spiro atoms. The standard InChI is InChI=1S/C11H12BrClO/c1-2-8-3-5-9(6-4-8)11(14)10(12)7-13/h3-6,10H,2,7H2,1H3. The van der Waals surface area contributed by atoms with Gasteiger partial charge in [-0.15, -0.1) is 11.6 Å². The average Bonchev–Trinajstić information content (AvgIpc) is 2.27. The van der Waals surface area contributed by atoms with Gasteiger partial charge in [0, 0.05) is 11.4 Å². The molecule has 1 nitrogen and oxygen atoms in total. The van der Waals surface area contributed by atoms with Crippen LogP contribution in [-0.2, 0) is 6.42 Å². The summed E-state index contributed by atoms with van der Waals surface area (Å²) >= 11 is 8.82. The van der Waals surface area contributed by atoms with Crippen LogP contribution >= 0.6 is 27.5 Å². The molecule has 3 heteroatoms. The number of halogens is 2. The number of carbonyl (C=O) groups excluding carboxylic acids is 1. The quantitative estimate of drug-likeness (QED) is 0.608. The van der Waals surface area contributed by atoms with E-state index in [0.717, 1.165) is 6.42 Å². The molecule has 0 saturated heterocycles. The molecular weight excluding hydrogens is 263 g/mol. The number of hydrogen-bond donors (Lipinski definition) is 0. The minimum Gasteiger partial charge on any atom is -0.293 e. The van der Waals surface area contributed by atoms with Crippen molar-refractivity contribution in [2.24, 2.45) is 0 Å². The Morgan fingerprint density at radius 3 is 2.43 bits per heavy atom. The molecule has 0 bridgehead atoms. The number of ketones is 1. The summed E-state index contributed by atoms with van der Waals surface area (Å²) in [5.41, 5.74) is 1.95. The molecule has 0 N–H and O–H groups in total. The van der Waals surface area contributed by atoms with Crippen molar-refractivity contribution >= 4 is 33.3 Å². The van der Waals surface area contributed by atoms with Gasteiger partial charge in [-0.05, 0) is 12.0 Å². The number of rotatable bonds is 4. The maximum atomic E-state index is 11.6. The molecular formula is C11H12BrClO. The molecule has 0 saturated carbocycles. The van der Waals surface area contributed by atoms with E-state index in [1.165, 1.54) is 5.56 Å². The van der Waals surface area contributed by atoms with Gasteiger partial charge in [0.1, 0.15) is 0 Å². The molecule has 0 aromatic heterocycles. The Morgan fingerprint density at radius 2 is 2.00 bits per heavy atom. The maximum absolute atomic E-state index is 11.6. The van der Waals surface area contributed by atoms with Crippen LogP contribution in [0.3, 0.4) is 0 Å². The number of hydrogen-bond acceptors (Lipinski definition) is 1. The Balaban J connectivity index is 2.81. The van der Waals surface area contributed by atoms with Crippen molar-refractivity contribution in [1.29, 1.82) is 0 Å². The molecule has 0 aliphatic heterocycles. The van der Waals surface area contributed by atoms with Gasteiger partial charge in [0.15, 0.2) is 5.78 Å². The van der Waals surface area contributed by atoms with Crippen LogP contribution in [0, 0.1) is 0 Å². The highest BCUT2D eigenvalue weighted by molar-refractivity contribution is 9.10. The number of Topliss-reactive ketones (excluding diaryl/α,β-unsaturated/α-hetero) is 1. The predicted molar refractivity (Wildman–Crippen MR) is 63.6 cm³/mol. The molecule has 76 valence electrons. The first-order chi connectivity index (χ1) is 6.69. The summed E-state index contributed by atoms with van der Waals surface area (Å²) in [5, 5.41) is 0. The van der Waals surface area contributed by atoms with Crippen LogP contribution in [0.4, 0.5) is 0 Å². The SMILES string of the molecule is CCc1ccc(C(=O)C(Br)CCl)cc1. The van der Waals surface area contributed by atoms with Gasteiger partial charge in [-0.2, -0.15) is 0 Å². The maximum Gasteiger partial charge on any atom is 0.177 e. The second kappa shape index (κ2) is 5.52. The lowest BCUT2D eigenvalue weighted by molar-refractivity contribution is 0.0997. The summed E-state index contributed by atoms with van der Waals surface area (Å²) in [4.78, 5) is 11.4. The van der Waals surface area contributed by atoms with E-state index in [2.05, 4.69) is 22.9 Å². The highest BCUT2D eigenvalue weighted by Crippen LogP contribution is 2.13. The van der Waals surface area contributed by atoms with Crippen molar-refractivity contribution in [2.75, 3.05) is 5.88 Å².